The molecule has 3 rings (SSSR count). The maximum absolute atomic E-state index is 11.5. The van der Waals surface area contributed by atoms with Crippen LogP contribution in [0.2, 0.25) is 0 Å². The summed E-state index contributed by atoms with van der Waals surface area (Å²) in [5, 5.41) is 0. The van der Waals surface area contributed by atoms with E-state index in [9.17, 15) is 4.79 Å². The van der Waals surface area contributed by atoms with Gasteiger partial charge in [0.25, 0.3) is 5.56 Å². The van der Waals surface area contributed by atoms with Crippen LogP contribution < -0.4 is 10.5 Å². The second-order valence-corrected chi connectivity index (χ2v) is 5.15. The van der Waals surface area contributed by atoms with Crippen molar-refractivity contribution < 1.29 is 0 Å². The number of aromatic nitrogens is 2. The predicted octanol–water partition coefficient (Wildman–Crippen LogP) is 1.95. The first-order valence-corrected chi connectivity index (χ1v) is 6.53. The molecule has 98 valence electrons. The monoisotopic (exact) mass is 255 g/mol. The normalized spacial score (nSPS) is 14.3. The van der Waals surface area contributed by atoms with Crippen LogP contribution in [0.5, 0.6) is 0 Å². The molecular weight excluding hydrogens is 238 g/mol. The highest BCUT2D eigenvalue weighted by molar-refractivity contribution is 5.41. The van der Waals surface area contributed by atoms with Gasteiger partial charge >= 0.3 is 0 Å². The van der Waals surface area contributed by atoms with Crippen molar-refractivity contribution in [3.8, 4) is 0 Å². The van der Waals surface area contributed by atoms with Crippen LogP contribution in [0.1, 0.15) is 22.4 Å². The summed E-state index contributed by atoms with van der Waals surface area (Å²) in [4.78, 5) is 20.9. The van der Waals surface area contributed by atoms with Gasteiger partial charge in [-0.3, -0.25) is 9.78 Å². The molecule has 1 aliphatic heterocycles. The third kappa shape index (κ3) is 2.38. The van der Waals surface area contributed by atoms with Crippen molar-refractivity contribution in [3.05, 3.63) is 57.0 Å². The Morgan fingerprint density at radius 2 is 2.05 bits per heavy atom. The quantitative estimate of drug-likeness (QED) is 0.847. The number of rotatable bonds is 1. The zero-order valence-corrected chi connectivity index (χ0v) is 11.2. The van der Waals surface area contributed by atoms with Gasteiger partial charge in [-0.15, -0.1) is 0 Å². The summed E-state index contributed by atoms with van der Waals surface area (Å²) in [6.07, 6.45) is 0.993. The number of nitrogens with zero attached hydrogens (tertiary/aromatic N) is 2. The topological polar surface area (TPSA) is 49.0 Å². The van der Waals surface area contributed by atoms with E-state index in [-0.39, 0.29) is 5.56 Å². The Labute approximate surface area is 112 Å². The van der Waals surface area contributed by atoms with Crippen molar-refractivity contribution >= 4 is 5.95 Å². The Morgan fingerprint density at radius 3 is 2.84 bits per heavy atom. The molecule has 1 N–H and O–H groups in total. The largest absolute Gasteiger partial charge is 0.338 e. The molecule has 0 radical (unpaired) electrons. The summed E-state index contributed by atoms with van der Waals surface area (Å²) in [5.74, 6) is 0.678. The molecule has 4 nitrogen and oxygen atoms in total. The van der Waals surface area contributed by atoms with Crippen LogP contribution in [0.4, 0.5) is 5.95 Å². The minimum atomic E-state index is -0.0856. The lowest BCUT2D eigenvalue weighted by atomic mass is 9.98. The average molecular weight is 255 g/mol. The lowest BCUT2D eigenvalue weighted by molar-refractivity contribution is 0.703. The van der Waals surface area contributed by atoms with Crippen LogP contribution in [0, 0.1) is 13.8 Å². The van der Waals surface area contributed by atoms with Gasteiger partial charge in [-0.2, -0.15) is 0 Å². The molecule has 2 heterocycles. The summed E-state index contributed by atoms with van der Waals surface area (Å²) in [7, 11) is 0. The Kier molecular flexibility index (Phi) is 2.85. The second kappa shape index (κ2) is 4.53. The minimum Gasteiger partial charge on any atom is -0.338 e. The molecule has 1 aromatic carbocycles. The van der Waals surface area contributed by atoms with Crippen LogP contribution in [-0.2, 0) is 13.0 Å². The van der Waals surface area contributed by atoms with E-state index in [0.717, 1.165) is 25.2 Å². The van der Waals surface area contributed by atoms with Gasteiger partial charge in [0.2, 0.25) is 5.95 Å². The molecular formula is C15H17N3O. The molecule has 0 fully saturated rings. The van der Waals surface area contributed by atoms with E-state index in [1.54, 1.807) is 0 Å². The minimum absolute atomic E-state index is 0.0856. The maximum atomic E-state index is 11.5. The number of hydrogen-bond acceptors (Lipinski definition) is 3. The lowest BCUT2D eigenvalue weighted by Gasteiger charge is -2.29. The van der Waals surface area contributed by atoms with Crippen LogP contribution in [0.25, 0.3) is 0 Å². The zero-order valence-electron chi connectivity index (χ0n) is 11.2. The molecule has 0 saturated heterocycles. The van der Waals surface area contributed by atoms with Crippen molar-refractivity contribution in [2.24, 2.45) is 0 Å². The number of aryl methyl sites for hydroxylation is 2. The van der Waals surface area contributed by atoms with Crippen LogP contribution >= 0.6 is 0 Å². The van der Waals surface area contributed by atoms with Gasteiger partial charge in [-0.05, 0) is 31.4 Å². The van der Waals surface area contributed by atoms with Gasteiger partial charge in [0.15, 0.2) is 0 Å². The van der Waals surface area contributed by atoms with E-state index in [2.05, 4.69) is 40.0 Å². The van der Waals surface area contributed by atoms with E-state index in [0.29, 0.717) is 5.95 Å². The molecule has 2 aromatic rings. The van der Waals surface area contributed by atoms with E-state index >= 15 is 0 Å². The highest BCUT2D eigenvalue weighted by Crippen LogP contribution is 2.22. The number of anilines is 1. The highest BCUT2D eigenvalue weighted by Gasteiger charge is 2.18. The Balaban J connectivity index is 1.94. The van der Waals surface area contributed by atoms with Gasteiger partial charge in [0, 0.05) is 24.8 Å². The first kappa shape index (κ1) is 12.0. The first-order valence-electron chi connectivity index (χ1n) is 6.53. The summed E-state index contributed by atoms with van der Waals surface area (Å²) in [5.41, 5.74) is 4.67. The van der Waals surface area contributed by atoms with Crippen molar-refractivity contribution in [3.63, 3.8) is 0 Å². The Bertz CT molecular complexity index is 675. The van der Waals surface area contributed by atoms with E-state index in [4.69, 9.17) is 0 Å². The smallest absolute Gasteiger partial charge is 0.252 e. The molecule has 0 unspecified atom stereocenters. The fourth-order valence-corrected chi connectivity index (χ4v) is 2.58. The average Bonchev–Trinajstić information content (AvgIpc) is 2.36. The zero-order chi connectivity index (χ0) is 13.4. The molecule has 1 aromatic heterocycles. The number of hydrogen-bond donors (Lipinski definition) is 1. The van der Waals surface area contributed by atoms with Gasteiger partial charge in [0.05, 0.1) is 0 Å². The summed E-state index contributed by atoms with van der Waals surface area (Å²) in [6.45, 7) is 5.65. The van der Waals surface area contributed by atoms with Gasteiger partial charge in [-0.1, -0.05) is 23.8 Å². The van der Waals surface area contributed by atoms with Crippen molar-refractivity contribution in [2.75, 3.05) is 11.4 Å². The predicted molar refractivity (Wildman–Crippen MR) is 75.5 cm³/mol. The molecule has 0 saturated carbocycles. The summed E-state index contributed by atoms with van der Waals surface area (Å²) in [6, 6.07) is 8.09. The number of H-pyrrole nitrogens is 1. The molecule has 4 heteroatoms. The van der Waals surface area contributed by atoms with Crippen LogP contribution in [0.15, 0.2) is 29.1 Å². The van der Waals surface area contributed by atoms with E-state index in [1.165, 1.54) is 22.8 Å². The molecule has 19 heavy (non-hydrogen) atoms. The Hall–Kier alpha value is -2.10. The van der Waals surface area contributed by atoms with Crippen molar-refractivity contribution in [1.82, 2.24) is 9.97 Å². The SMILES string of the molecule is Cc1ccc2c(c1)CN(c1nc(C)cc(=O)[nH]1)CC2. The maximum Gasteiger partial charge on any atom is 0.252 e. The van der Waals surface area contributed by atoms with Crippen molar-refractivity contribution in [2.45, 2.75) is 26.8 Å². The van der Waals surface area contributed by atoms with Crippen LogP contribution in [-0.4, -0.2) is 16.5 Å². The fraction of sp³-hybridized carbons (Fsp3) is 0.333. The molecule has 0 spiro atoms. The molecule has 1 aliphatic rings. The fourth-order valence-electron chi connectivity index (χ4n) is 2.58. The number of fused-ring (bicyclic) bond motifs is 1. The summed E-state index contributed by atoms with van der Waals surface area (Å²) < 4.78 is 0. The molecule has 0 aliphatic carbocycles. The van der Waals surface area contributed by atoms with E-state index in [1.807, 2.05) is 6.92 Å². The number of benzene rings is 1. The van der Waals surface area contributed by atoms with E-state index < -0.39 is 0 Å². The molecule has 0 bridgehead atoms. The molecule has 0 atom stereocenters. The Morgan fingerprint density at radius 1 is 1.21 bits per heavy atom. The lowest BCUT2D eigenvalue weighted by Crippen LogP contribution is -2.33. The van der Waals surface area contributed by atoms with Crippen LogP contribution in [0.3, 0.4) is 0 Å². The number of aromatic amines is 1. The number of nitrogens with one attached hydrogen (secondary N) is 1. The van der Waals surface area contributed by atoms with Gasteiger partial charge in [0.1, 0.15) is 0 Å². The third-order valence-electron chi connectivity index (χ3n) is 3.53. The van der Waals surface area contributed by atoms with Gasteiger partial charge < -0.3 is 4.90 Å². The van der Waals surface area contributed by atoms with Gasteiger partial charge in [-0.25, -0.2) is 4.98 Å². The second-order valence-electron chi connectivity index (χ2n) is 5.15. The third-order valence-corrected chi connectivity index (χ3v) is 3.53. The standard InChI is InChI=1S/C15H17N3O/c1-10-3-4-12-5-6-18(9-13(12)7-10)15-16-11(2)8-14(19)17-15/h3-4,7-8H,5-6,9H2,1-2H3,(H,16,17,19). The van der Waals surface area contributed by atoms with Crippen molar-refractivity contribution in [1.29, 1.82) is 0 Å². The first-order chi connectivity index (χ1) is 9.11. The molecule has 0 amide bonds. The summed E-state index contributed by atoms with van der Waals surface area (Å²) >= 11 is 0. The highest BCUT2D eigenvalue weighted by atomic mass is 16.1.